The lowest BCUT2D eigenvalue weighted by Crippen LogP contribution is -2.55. The van der Waals surface area contributed by atoms with Gasteiger partial charge in [-0.2, -0.15) is 0 Å². The average molecular weight is 331 g/mol. The summed E-state index contributed by atoms with van der Waals surface area (Å²) < 4.78 is 4.76. The second-order valence-electron chi connectivity index (χ2n) is 7.05. The molecule has 3 atom stereocenters. The van der Waals surface area contributed by atoms with E-state index >= 15 is 0 Å². The quantitative estimate of drug-likeness (QED) is 0.829. The number of rotatable bonds is 4. The molecule has 0 amide bonds. The van der Waals surface area contributed by atoms with Gasteiger partial charge in [-0.25, -0.2) is 4.79 Å². The summed E-state index contributed by atoms with van der Waals surface area (Å²) in [5, 5.41) is 3.81. The Hall–Kier alpha value is -1.59. The molecule has 1 heterocycles. The number of hydrogen-bond donors (Lipinski definition) is 2. The normalized spacial score (nSPS) is 27.8. The zero-order valence-corrected chi connectivity index (χ0v) is 14.5. The van der Waals surface area contributed by atoms with Gasteiger partial charge < -0.3 is 20.7 Å². The smallest absolute Gasteiger partial charge is 0.337 e. The fraction of sp³-hybridized carbons (Fsp3) is 0.632. The zero-order chi connectivity index (χ0) is 16.9. The summed E-state index contributed by atoms with van der Waals surface area (Å²) in [6.07, 6.45) is 7.28. The molecule has 3 rings (SSSR count). The fourth-order valence-corrected chi connectivity index (χ4v) is 3.94. The molecule has 5 heteroatoms. The Bertz CT molecular complexity index is 546. The molecular weight excluding hydrogens is 302 g/mol. The summed E-state index contributed by atoms with van der Waals surface area (Å²) >= 11 is 0. The molecule has 1 aliphatic heterocycles. The van der Waals surface area contributed by atoms with E-state index in [1.165, 1.54) is 44.9 Å². The second kappa shape index (κ2) is 7.99. The highest BCUT2D eigenvalue weighted by Crippen LogP contribution is 2.23. The molecule has 2 aliphatic rings. The van der Waals surface area contributed by atoms with Crippen LogP contribution in [0.5, 0.6) is 0 Å². The van der Waals surface area contributed by atoms with Gasteiger partial charge in [0.2, 0.25) is 0 Å². The summed E-state index contributed by atoms with van der Waals surface area (Å²) in [4.78, 5) is 13.9. The Morgan fingerprint density at radius 1 is 1.17 bits per heavy atom. The summed E-state index contributed by atoms with van der Waals surface area (Å²) in [5.74, 6) is -0.286. The minimum atomic E-state index is -0.286. The predicted octanol–water partition coefficient (Wildman–Crippen LogP) is 2.30. The number of esters is 1. The highest BCUT2D eigenvalue weighted by atomic mass is 16.5. The largest absolute Gasteiger partial charge is 0.465 e. The number of nitrogens with two attached hydrogens (primary N) is 1. The topological polar surface area (TPSA) is 67.6 Å². The van der Waals surface area contributed by atoms with E-state index < -0.39 is 0 Å². The van der Waals surface area contributed by atoms with Gasteiger partial charge in [0.15, 0.2) is 0 Å². The minimum Gasteiger partial charge on any atom is -0.465 e. The Balaban J connectivity index is 1.59. The van der Waals surface area contributed by atoms with Gasteiger partial charge in [-0.15, -0.1) is 0 Å². The van der Waals surface area contributed by atoms with Crippen LogP contribution in [-0.2, 0) is 4.74 Å². The van der Waals surface area contributed by atoms with Crippen LogP contribution in [0.1, 0.15) is 48.9 Å². The summed E-state index contributed by atoms with van der Waals surface area (Å²) in [5.41, 5.74) is 8.05. The standard InChI is InChI=1S/C19H29N3O2/c1-24-19(23)14-8-10-16(11-9-14)22-12-4-5-15(13-22)21-18-7-3-2-6-17(18)20/h8-11,15,17-18,21H,2-7,12-13,20H2,1H3/t15-,17+,18+/m0/s1. The van der Waals surface area contributed by atoms with Crippen LogP contribution in [0.25, 0.3) is 0 Å². The number of benzene rings is 1. The van der Waals surface area contributed by atoms with Crippen molar-refractivity contribution in [1.29, 1.82) is 0 Å². The molecule has 5 nitrogen and oxygen atoms in total. The number of piperidine rings is 1. The molecule has 1 aliphatic carbocycles. The first-order chi connectivity index (χ1) is 11.7. The van der Waals surface area contributed by atoms with Crippen LogP contribution < -0.4 is 16.0 Å². The minimum absolute atomic E-state index is 0.286. The molecule has 1 saturated heterocycles. The number of ether oxygens (including phenoxy) is 1. The maximum atomic E-state index is 11.5. The Morgan fingerprint density at radius 3 is 2.62 bits per heavy atom. The number of methoxy groups -OCH3 is 1. The third-order valence-electron chi connectivity index (χ3n) is 5.34. The highest BCUT2D eigenvalue weighted by Gasteiger charge is 2.27. The van der Waals surface area contributed by atoms with Gasteiger partial charge in [-0.1, -0.05) is 12.8 Å². The Kier molecular flexibility index (Phi) is 5.74. The number of anilines is 1. The molecule has 0 aromatic heterocycles. The van der Waals surface area contributed by atoms with Crippen LogP contribution in [0.15, 0.2) is 24.3 Å². The summed E-state index contributed by atoms with van der Waals surface area (Å²) in [7, 11) is 1.41. The van der Waals surface area contributed by atoms with E-state index in [4.69, 9.17) is 10.5 Å². The van der Waals surface area contributed by atoms with Crippen molar-refractivity contribution in [2.24, 2.45) is 5.73 Å². The molecule has 0 bridgehead atoms. The number of hydrogen-bond acceptors (Lipinski definition) is 5. The number of nitrogens with zero attached hydrogens (tertiary/aromatic N) is 1. The van der Waals surface area contributed by atoms with Crippen molar-refractivity contribution in [1.82, 2.24) is 5.32 Å². The van der Waals surface area contributed by atoms with Crippen molar-refractivity contribution < 1.29 is 9.53 Å². The van der Waals surface area contributed by atoms with Crippen molar-refractivity contribution >= 4 is 11.7 Å². The van der Waals surface area contributed by atoms with Gasteiger partial charge in [-0.05, 0) is 49.9 Å². The lowest BCUT2D eigenvalue weighted by atomic mass is 9.89. The van der Waals surface area contributed by atoms with Crippen molar-refractivity contribution in [2.45, 2.75) is 56.7 Å². The van der Waals surface area contributed by atoms with Gasteiger partial charge >= 0.3 is 5.97 Å². The number of carbonyl (C=O) groups is 1. The maximum absolute atomic E-state index is 11.5. The SMILES string of the molecule is COC(=O)c1ccc(N2CCC[C@H](N[C@@H]3CCCC[C@H]3N)C2)cc1. The van der Waals surface area contributed by atoms with Crippen LogP contribution in [0.3, 0.4) is 0 Å². The first-order valence-corrected chi connectivity index (χ1v) is 9.12. The molecule has 2 fully saturated rings. The Morgan fingerprint density at radius 2 is 1.92 bits per heavy atom. The van der Waals surface area contributed by atoms with Crippen molar-refractivity contribution in [3.8, 4) is 0 Å². The zero-order valence-electron chi connectivity index (χ0n) is 14.5. The van der Waals surface area contributed by atoms with Gasteiger partial charge in [0.1, 0.15) is 0 Å². The van der Waals surface area contributed by atoms with Crippen molar-refractivity contribution in [3.63, 3.8) is 0 Å². The molecular formula is C19H29N3O2. The number of carbonyl (C=O) groups excluding carboxylic acids is 1. The predicted molar refractivity (Wildman–Crippen MR) is 96.4 cm³/mol. The van der Waals surface area contributed by atoms with Gasteiger partial charge in [-0.3, -0.25) is 0 Å². The van der Waals surface area contributed by atoms with Gasteiger partial charge in [0, 0.05) is 36.9 Å². The van der Waals surface area contributed by atoms with Crippen LogP contribution in [0.4, 0.5) is 5.69 Å². The van der Waals surface area contributed by atoms with E-state index in [1.807, 2.05) is 24.3 Å². The maximum Gasteiger partial charge on any atom is 0.337 e. The van der Waals surface area contributed by atoms with Crippen molar-refractivity contribution in [2.75, 3.05) is 25.1 Å². The third kappa shape index (κ3) is 4.08. The second-order valence-corrected chi connectivity index (χ2v) is 7.05. The molecule has 1 saturated carbocycles. The summed E-state index contributed by atoms with van der Waals surface area (Å²) in [6, 6.07) is 8.97. The van der Waals surface area contributed by atoms with Gasteiger partial charge in [0.25, 0.3) is 0 Å². The fourth-order valence-electron chi connectivity index (χ4n) is 3.94. The molecule has 1 aromatic carbocycles. The van der Waals surface area contributed by atoms with E-state index in [0.29, 0.717) is 23.7 Å². The van der Waals surface area contributed by atoms with Gasteiger partial charge in [0.05, 0.1) is 12.7 Å². The summed E-state index contributed by atoms with van der Waals surface area (Å²) in [6.45, 7) is 2.06. The van der Waals surface area contributed by atoms with Crippen LogP contribution in [-0.4, -0.2) is 44.3 Å². The lowest BCUT2D eigenvalue weighted by Gasteiger charge is -2.39. The molecule has 3 N–H and O–H groups in total. The monoisotopic (exact) mass is 331 g/mol. The highest BCUT2D eigenvalue weighted by molar-refractivity contribution is 5.89. The van der Waals surface area contributed by atoms with Crippen molar-refractivity contribution in [3.05, 3.63) is 29.8 Å². The van der Waals surface area contributed by atoms with E-state index in [0.717, 1.165) is 19.5 Å². The third-order valence-corrected chi connectivity index (χ3v) is 5.34. The lowest BCUT2D eigenvalue weighted by molar-refractivity contribution is 0.0601. The molecule has 132 valence electrons. The number of nitrogens with one attached hydrogen (secondary N) is 1. The van der Waals surface area contributed by atoms with E-state index in [9.17, 15) is 4.79 Å². The molecule has 0 spiro atoms. The Labute approximate surface area is 144 Å². The molecule has 0 radical (unpaired) electrons. The molecule has 0 unspecified atom stereocenters. The first-order valence-electron chi connectivity index (χ1n) is 9.12. The molecule has 24 heavy (non-hydrogen) atoms. The van der Waals surface area contributed by atoms with Crippen LogP contribution in [0.2, 0.25) is 0 Å². The van der Waals surface area contributed by atoms with Crippen LogP contribution >= 0.6 is 0 Å². The molecule has 1 aromatic rings. The average Bonchev–Trinajstić information content (AvgIpc) is 2.63. The first kappa shape index (κ1) is 17.2. The van der Waals surface area contributed by atoms with E-state index in [-0.39, 0.29) is 5.97 Å². The van der Waals surface area contributed by atoms with E-state index in [1.54, 1.807) is 0 Å². The van der Waals surface area contributed by atoms with E-state index in [2.05, 4.69) is 10.2 Å². The van der Waals surface area contributed by atoms with Crippen LogP contribution in [0, 0.1) is 0 Å².